The van der Waals surface area contributed by atoms with Crippen LogP contribution in [0.15, 0.2) is 23.3 Å². The van der Waals surface area contributed by atoms with E-state index in [2.05, 4.69) is 32.9 Å². The van der Waals surface area contributed by atoms with Gasteiger partial charge in [0, 0.05) is 13.0 Å². The van der Waals surface area contributed by atoms with Crippen LogP contribution in [0.25, 0.3) is 0 Å². The Morgan fingerprint density at radius 3 is 2.70 bits per heavy atom. The number of ether oxygens (including phenoxy) is 2. The van der Waals surface area contributed by atoms with Crippen LogP contribution in [0.4, 0.5) is 0 Å². The van der Waals surface area contributed by atoms with Crippen molar-refractivity contribution in [2.45, 2.75) is 71.8 Å². The fraction of sp³-hybridized carbons (Fsp3) is 0.792. The number of rotatable bonds is 5. The Morgan fingerprint density at radius 1 is 1.15 bits per heavy atom. The molecule has 0 aromatic carbocycles. The summed E-state index contributed by atoms with van der Waals surface area (Å²) in [6.45, 7) is 7.51. The normalized spacial score (nSPS) is 44.4. The van der Waals surface area contributed by atoms with Gasteiger partial charge in [0.05, 0.1) is 6.10 Å². The molecule has 4 aliphatic rings. The van der Waals surface area contributed by atoms with Crippen molar-refractivity contribution in [1.82, 2.24) is 0 Å². The molecule has 150 valence electrons. The molecule has 0 heterocycles. The molecule has 3 heteroatoms. The van der Waals surface area contributed by atoms with Gasteiger partial charge in [0.25, 0.3) is 0 Å². The van der Waals surface area contributed by atoms with Crippen LogP contribution in [0.3, 0.4) is 0 Å². The maximum atomic E-state index is 11.5. The average molecular weight is 373 g/mol. The zero-order valence-electron chi connectivity index (χ0n) is 17.5. The average Bonchev–Trinajstić information content (AvgIpc) is 3.02. The molecule has 0 aliphatic heterocycles. The first-order chi connectivity index (χ1) is 12.9. The van der Waals surface area contributed by atoms with E-state index in [9.17, 15) is 4.79 Å². The lowest BCUT2D eigenvalue weighted by Crippen LogP contribution is -2.46. The molecule has 4 aliphatic carbocycles. The molecule has 7 atom stereocenters. The van der Waals surface area contributed by atoms with E-state index in [0.717, 1.165) is 12.8 Å². The zero-order chi connectivity index (χ0) is 19.2. The van der Waals surface area contributed by atoms with Crippen LogP contribution in [0, 0.1) is 34.5 Å². The summed E-state index contributed by atoms with van der Waals surface area (Å²) in [7, 11) is 1.70. The van der Waals surface area contributed by atoms with E-state index in [4.69, 9.17) is 9.47 Å². The quantitative estimate of drug-likeness (QED) is 0.485. The first kappa shape index (κ1) is 19.4. The van der Waals surface area contributed by atoms with Crippen molar-refractivity contribution in [1.29, 1.82) is 0 Å². The van der Waals surface area contributed by atoms with Crippen molar-refractivity contribution in [3.05, 3.63) is 23.3 Å². The first-order valence-electron chi connectivity index (χ1n) is 10.9. The second-order valence-corrected chi connectivity index (χ2v) is 10.0. The van der Waals surface area contributed by atoms with Crippen molar-refractivity contribution < 1.29 is 14.3 Å². The fourth-order valence-corrected chi connectivity index (χ4v) is 7.27. The minimum Gasteiger partial charge on any atom is -0.359 e. The van der Waals surface area contributed by atoms with E-state index < -0.39 is 0 Å². The van der Waals surface area contributed by atoms with Crippen molar-refractivity contribution in [3.63, 3.8) is 0 Å². The number of methoxy groups -OCH3 is 1. The molecule has 0 amide bonds. The molecule has 0 N–H and O–H groups in total. The van der Waals surface area contributed by atoms with Gasteiger partial charge < -0.3 is 14.3 Å². The largest absolute Gasteiger partial charge is 0.359 e. The van der Waals surface area contributed by atoms with Crippen LogP contribution in [0.2, 0.25) is 0 Å². The number of fused-ring (bicyclic) bond motifs is 5. The van der Waals surface area contributed by atoms with Gasteiger partial charge in [-0.3, -0.25) is 0 Å². The van der Waals surface area contributed by atoms with Gasteiger partial charge in [0.1, 0.15) is 13.1 Å². The van der Waals surface area contributed by atoms with Crippen LogP contribution >= 0.6 is 0 Å². The zero-order valence-corrected chi connectivity index (χ0v) is 17.5. The Labute approximate surface area is 164 Å². The lowest BCUT2D eigenvalue weighted by molar-refractivity contribution is -0.113. The standard InChI is InChI=1S/C24H36O3/c1-16(14-25)20-7-8-21-19-6-5-17-13-18(27-15-26-4)9-11-23(17,2)22(19)10-12-24(20,21)3/h5-6,14,16,18,20-22H,7-13,15H2,1-4H3/t16?,18?,20-,21+,22+,23+,24-/m1/s1. The molecule has 2 unspecified atom stereocenters. The number of carbonyl (C=O) groups excluding carboxylic acids is 1. The monoisotopic (exact) mass is 372 g/mol. The number of carbonyl (C=O) groups is 1. The fourth-order valence-electron chi connectivity index (χ4n) is 7.27. The summed E-state index contributed by atoms with van der Waals surface area (Å²) in [5.74, 6) is 2.10. The number of allylic oxidation sites excluding steroid dienone is 3. The van der Waals surface area contributed by atoms with Crippen LogP contribution in [-0.4, -0.2) is 26.3 Å². The minimum atomic E-state index is 0.191. The molecule has 27 heavy (non-hydrogen) atoms. The molecular weight excluding hydrogens is 336 g/mol. The second kappa shape index (κ2) is 7.15. The van der Waals surface area contributed by atoms with Crippen molar-refractivity contribution >= 4 is 6.29 Å². The van der Waals surface area contributed by atoms with E-state index in [0.29, 0.717) is 41.5 Å². The molecule has 0 aromatic rings. The highest BCUT2D eigenvalue weighted by Crippen LogP contribution is 2.65. The maximum Gasteiger partial charge on any atom is 0.146 e. The Bertz CT molecular complexity index is 650. The van der Waals surface area contributed by atoms with Gasteiger partial charge in [-0.15, -0.1) is 0 Å². The third-order valence-corrected chi connectivity index (χ3v) is 8.87. The Kier molecular flexibility index (Phi) is 5.13. The van der Waals surface area contributed by atoms with Crippen molar-refractivity contribution in [3.8, 4) is 0 Å². The van der Waals surface area contributed by atoms with E-state index in [1.165, 1.54) is 38.4 Å². The SMILES string of the molecule is COCOC1CC[C@@]2(C)C(=CC=C3[C@@H]4CC[C@H](C(C)C=O)[C@@]4(C)CC[C@@H]32)C1. The lowest BCUT2D eigenvalue weighted by Gasteiger charge is -2.55. The van der Waals surface area contributed by atoms with Gasteiger partial charge in [-0.05, 0) is 73.5 Å². The van der Waals surface area contributed by atoms with Crippen LogP contribution < -0.4 is 0 Å². The Hall–Kier alpha value is -0.930. The van der Waals surface area contributed by atoms with Crippen LogP contribution in [0.5, 0.6) is 0 Å². The van der Waals surface area contributed by atoms with Gasteiger partial charge >= 0.3 is 0 Å². The summed E-state index contributed by atoms with van der Waals surface area (Å²) in [6, 6.07) is 0. The molecule has 0 bridgehead atoms. The highest BCUT2D eigenvalue weighted by molar-refractivity contribution is 5.54. The molecule has 0 radical (unpaired) electrons. The molecule has 0 saturated heterocycles. The Morgan fingerprint density at radius 2 is 1.96 bits per heavy atom. The van der Waals surface area contributed by atoms with Crippen LogP contribution in [-0.2, 0) is 14.3 Å². The molecule has 3 fully saturated rings. The molecule has 4 rings (SSSR count). The smallest absolute Gasteiger partial charge is 0.146 e. The topological polar surface area (TPSA) is 35.5 Å². The van der Waals surface area contributed by atoms with Crippen molar-refractivity contribution in [2.24, 2.45) is 34.5 Å². The van der Waals surface area contributed by atoms with E-state index in [1.807, 2.05) is 0 Å². The van der Waals surface area contributed by atoms with Gasteiger partial charge in [-0.2, -0.15) is 0 Å². The van der Waals surface area contributed by atoms with Gasteiger partial charge in [0.15, 0.2) is 0 Å². The van der Waals surface area contributed by atoms with E-state index >= 15 is 0 Å². The highest BCUT2D eigenvalue weighted by Gasteiger charge is 2.57. The minimum absolute atomic E-state index is 0.191. The van der Waals surface area contributed by atoms with Crippen molar-refractivity contribution in [2.75, 3.05) is 13.9 Å². The summed E-state index contributed by atoms with van der Waals surface area (Å²) >= 11 is 0. The second-order valence-electron chi connectivity index (χ2n) is 10.0. The lowest BCUT2D eigenvalue weighted by atomic mass is 9.50. The van der Waals surface area contributed by atoms with Crippen LogP contribution in [0.1, 0.15) is 65.7 Å². The summed E-state index contributed by atoms with van der Waals surface area (Å²) in [5.41, 5.74) is 3.89. The highest BCUT2D eigenvalue weighted by atomic mass is 16.7. The summed E-state index contributed by atoms with van der Waals surface area (Å²) in [5, 5.41) is 0. The molecule has 3 saturated carbocycles. The molecular formula is C24H36O3. The van der Waals surface area contributed by atoms with Gasteiger partial charge in [-0.1, -0.05) is 44.1 Å². The van der Waals surface area contributed by atoms with E-state index in [-0.39, 0.29) is 5.92 Å². The predicted molar refractivity (Wildman–Crippen MR) is 107 cm³/mol. The number of hydrogen-bond acceptors (Lipinski definition) is 3. The number of aldehydes is 1. The first-order valence-corrected chi connectivity index (χ1v) is 10.9. The summed E-state index contributed by atoms with van der Waals surface area (Å²) in [6.07, 6.45) is 14.8. The summed E-state index contributed by atoms with van der Waals surface area (Å²) < 4.78 is 11.0. The maximum absolute atomic E-state index is 11.5. The molecule has 0 aromatic heterocycles. The predicted octanol–water partition coefficient (Wildman–Crippen LogP) is 5.31. The number of hydrogen-bond donors (Lipinski definition) is 0. The van der Waals surface area contributed by atoms with E-state index in [1.54, 1.807) is 18.3 Å². The van der Waals surface area contributed by atoms with Gasteiger partial charge in [0.2, 0.25) is 0 Å². The van der Waals surface area contributed by atoms with Gasteiger partial charge in [-0.25, -0.2) is 0 Å². The molecule has 3 nitrogen and oxygen atoms in total. The third kappa shape index (κ3) is 2.97. The molecule has 0 spiro atoms. The Balaban J connectivity index is 1.60. The third-order valence-electron chi connectivity index (χ3n) is 8.87. The summed E-state index contributed by atoms with van der Waals surface area (Å²) in [4.78, 5) is 11.5.